The Balaban J connectivity index is 1.33. The van der Waals surface area contributed by atoms with Gasteiger partial charge in [0.2, 0.25) is 0 Å². The highest BCUT2D eigenvalue weighted by Gasteiger charge is 2.27. The second-order valence-electron chi connectivity index (χ2n) is 11.1. The Morgan fingerprint density at radius 1 is 0.911 bits per heavy atom. The molecule has 5 nitrogen and oxygen atoms in total. The van der Waals surface area contributed by atoms with Gasteiger partial charge in [-0.15, -0.1) is 0 Å². The molecule has 1 aliphatic heterocycles. The number of ether oxygens (including phenoxy) is 1. The minimum absolute atomic E-state index is 0.0588. The Morgan fingerprint density at radius 2 is 1.64 bits per heavy atom. The van der Waals surface area contributed by atoms with Crippen LogP contribution in [-0.4, -0.2) is 36.0 Å². The number of nitrogens with zero attached hydrogens (tertiary/aromatic N) is 2. The lowest BCUT2D eigenvalue weighted by Crippen LogP contribution is -2.38. The zero-order chi connectivity index (χ0) is 31.3. The van der Waals surface area contributed by atoms with Gasteiger partial charge < -0.3 is 15.0 Å². The number of benzene rings is 4. The van der Waals surface area contributed by atoms with Crippen LogP contribution in [0.1, 0.15) is 51.4 Å². The number of fused-ring (bicyclic) bond motifs is 1. The first kappa shape index (κ1) is 29.9. The number of piperidine rings is 1. The first-order valence-electron chi connectivity index (χ1n) is 14.9. The SMILES string of the molecule is COc1ccc(/C=C/c2cccc3c(NCc4cc(F)c(F)cc4F)c(C(=O)N4CCC(c5ccccc5)CC4)cnc23)cc1. The van der Waals surface area contributed by atoms with Crippen molar-refractivity contribution in [3.8, 4) is 5.75 Å². The molecule has 4 aromatic carbocycles. The number of anilines is 1. The maximum Gasteiger partial charge on any atom is 0.257 e. The van der Waals surface area contributed by atoms with Crippen LogP contribution in [0, 0.1) is 17.5 Å². The minimum atomic E-state index is -1.26. The van der Waals surface area contributed by atoms with Crippen molar-refractivity contribution in [2.45, 2.75) is 25.3 Å². The van der Waals surface area contributed by atoms with Crippen molar-refractivity contribution >= 4 is 34.6 Å². The predicted molar refractivity (Wildman–Crippen MR) is 172 cm³/mol. The second kappa shape index (κ2) is 13.3. The maximum atomic E-state index is 14.6. The number of methoxy groups -OCH3 is 1. The number of carbonyl (C=O) groups is 1. The van der Waals surface area contributed by atoms with Gasteiger partial charge in [0.25, 0.3) is 5.91 Å². The molecule has 1 N–H and O–H groups in total. The Morgan fingerprint density at radius 3 is 2.38 bits per heavy atom. The van der Waals surface area contributed by atoms with E-state index in [2.05, 4.69) is 17.4 Å². The van der Waals surface area contributed by atoms with E-state index in [1.54, 1.807) is 13.3 Å². The van der Waals surface area contributed by atoms with E-state index in [4.69, 9.17) is 9.72 Å². The van der Waals surface area contributed by atoms with Crippen molar-refractivity contribution in [1.29, 1.82) is 0 Å². The van der Waals surface area contributed by atoms with E-state index >= 15 is 0 Å². The minimum Gasteiger partial charge on any atom is -0.497 e. The number of hydrogen-bond donors (Lipinski definition) is 1. The molecule has 0 radical (unpaired) electrons. The van der Waals surface area contributed by atoms with E-state index in [-0.39, 0.29) is 18.0 Å². The van der Waals surface area contributed by atoms with E-state index in [1.165, 1.54) is 5.56 Å². The van der Waals surface area contributed by atoms with Crippen LogP contribution in [0.25, 0.3) is 23.1 Å². The van der Waals surface area contributed by atoms with Crippen LogP contribution < -0.4 is 10.1 Å². The molecule has 8 heteroatoms. The maximum absolute atomic E-state index is 14.6. The first-order valence-corrected chi connectivity index (χ1v) is 14.9. The zero-order valence-corrected chi connectivity index (χ0v) is 24.8. The molecule has 0 unspecified atom stereocenters. The van der Waals surface area contributed by atoms with Gasteiger partial charge in [-0.1, -0.05) is 72.8 Å². The van der Waals surface area contributed by atoms with Crippen LogP contribution >= 0.6 is 0 Å². The van der Waals surface area contributed by atoms with Crippen LogP contribution in [0.2, 0.25) is 0 Å². The van der Waals surface area contributed by atoms with E-state index in [0.29, 0.717) is 47.2 Å². The van der Waals surface area contributed by atoms with E-state index < -0.39 is 17.5 Å². The highest BCUT2D eigenvalue weighted by molar-refractivity contribution is 6.08. The Kier molecular flexibility index (Phi) is 8.82. The summed E-state index contributed by atoms with van der Waals surface area (Å²) in [5.74, 6) is -2.33. The Hall–Kier alpha value is -5.11. The highest BCUT2D eigenvalue weighted by atomic mass is 19.2. The second-order valence-corrected chi connectivity index (χ2v) is 11.1. The van der Waals surface area contributed by atoms with Gasteiger partial charge in [-0.2, -0.15) is 0 Å². The lowest BCUT2D eigenvalue weighted by Gasteiger charge is -2.33. The van der Waals surface area contributed by atoms with Gasteiger partial charge in [-0.25, -0.2) is 13.2 Å². The fourth-order valence-electron chi connectivity index (χ4n) is 5.83. The number of carbonyl (C=O) groups excluding carboxylic acids is 1. The molecule has 2 heterocycles. The number of likely N-dealkylation sites (tertiary alicyclic amines) is 1. The van der Waals surface area contributed by atoms with Crippen molar-refractivity contribution in [3.63, 3.8) is 0 Å². The normalized spacial score (nSPS) is 13.8. The summed E-state index contributed by atoms with van der Waals surface area (Å²) in [6.45, 7) is 1.00. The third-order valence-corrected chi connectivity index (χ3v) is 8.33. The third-order valence-electron chi connectivity index (χ3n) is 8.33. The lowest BCUT2D eigenvalue weighted by atomic mass is 9.89. The van der Waals surface area contributed by atoms with Crippen LogP contribution in [0.15, 0.2) is 91.1 Å². The van der Waals surface area contributed by atoms with Gasteiger partial charge in [-0.05, 0) is 48.1 Å². The van der Waals surface area contributed by atoms with Crippen LogP contribution in [-0.2, 0) is 6.54 Å². The van der Waals surface area contributed by atoms with Crippen molar-refractivity contribution in [1.82, 2.24) is 9.88 Å². The number of rotatable bonds is 8. The molecule has 1 amide bonds. The molecule has 228 valence electrons. The fraction of sp³-hybridized carbons (Fsp3) is 0.189. The summed E-state index contributed by atoms with van der Waals surface area (Å²) in [6.07, 6.45) is 7.10. The number of pyridine rings is 1. The highest BCUT2D eigenvalue weighted by Crippen LogP contribution is 2.33. The van der Waals surface area contributed by atoms with Gasteiger partial charge >= 0.3 is 0 Å². The average molecular weight is 608 g/mol. The smallest absolute Gasteiger partial charge is 0.257 e. The molecule has 0 bridgehead atoms. The molecule has 0 spiro atoms. The van der Waals surface area contributed by atoms with E-state index in [9.17, 15) is 18.0 Å². The Bertz CT molecular complexity index is 1850. The molecular formula is C37H32F3N3O2. The summed E-state index contributed by atoms with van der Waals surface area (Å²) in [6, 6.07) is 24.9. The van der Waals surface area contributed by atoms with Gasteiger partial charge in [0.1, 0.15) is 11.6 Å². The van der Waals surface area contributed by atoms with Gasteiger partial charge in [0, 0.05) is 48.4 Å². The molecule has 45 heavy (non-hydrogen) atoms. The number of halogens is 3. The molecule has 1 aliphatic rings. The van der Waals surface area contributed by atoms with Gasteiger partial charge in [-0.3, -0.25) is 9.78 Å². The topological polar surface area (TPSA) is 54.5 Å². The average Bonchev–Trinajstić information content (AvgIpc) is 3.08. The molecule has 0 saturated carbocycles. The van der Waals surface area contributed by atoms with Gasteiger partial charge in [0.05, 0.1) is 23.9 Å². The molecule has 0 aliphatic carbocycles. The Labute approximate surface area is 260 Å². The number of aromatic nitrogens is 1. The summed E-state index contributed by atoms with van der Waals surface area (Å²) < 4.78 is 47.5. The summed E-state index contributed by atoms with van der Waals surface area (Å²) in [5.41, 5.74) is 4.41. The fourth-order valence-corrected chi connectivity index (χ4v) is 5.83. The van der Waals surface area contributed by atoms with Crippen LogP contribution in [0.4, 0.5) is 18.9 Å². The summed E-state index contributed by atoms with van der Waals surface area (Å²) in [7, 11) is 1.62. The van der Waals surface area contributed by atoms with Crippen molar-refractivity contribution in [2.75, 3.05) is 25.5 Å². The van der Waals surface area contributed by atoms with E-state index in [1.807, 2.05) is 77.7 Å². The molecule has 1 fully saturated rings. The van der Waals surface area contributed by atoms with Crippen molar-refractivity contribution < 1.29 is 22.7 Å². The lowest BCUT2D eigenvalue weighted by molar-refractivity contribution is 0.0713. The molecule has 6 rings (SSSR count). The molecular weight excluding hydrogens is 575 g/mol. The molecule has 1 aromatic heterocycles. The largest absolute Gasteiger partial charge is 0.497 e. The zero-order valence-electron chi connectivity index (χ0n) is 24.8. The van der Waals surface area contributed by atoms with Crippen molar-refractivity contribution in [3.05, 3.63) is 136 Å². The molecule has 0 atom stereocenters. The predicted octanol–water partition coefficient (Wildman–Crippen LogP) is 8.46. The summed E-state index contributed by atoms with van der Waals surface area (Å²) >= 11 is 0. The van der Waals surface area contributed by atoms with Crippen LogP contribution in [0.3, 0.4) is 0 Å². The van der Waals surface area contributed by atoms with Crippen LogP contribution in [0.5, 0.6) is 5.75 Å². The van der Waals surface area contributed by atoms with Gasteiger partial charge in [0.15, 0.2) is 11.6 Å². The molecule has 1 saturated heterocycles. The number of nitrogens with one attached hydrogen (secondary N) is 1. The monoisotopic (exact) mass is 607 g/mol. The summed E-state index contributed by atoms with van der Waals surface area (Å²) in [5, 5.41) is 3.83. The number of amides is 1. The standard InChI is InChI=1S/C37H32F3N3O2/c1-45-29-14-11-24(12-15-29)10-13-27-8-5-9-30-35(27)42-23-31(36(30)41-22-28-20-33(39)34(40)21-32(28)38)37(44)43-18-16-26(17-19-43)25-6-3-2-4-7-25/h2-15,20-21,23,26H,16-19,22H2,1H3,(H,41,42)/b13-10+. The number of para-hydroxylation sites is 1. The third kappa shape index (κ3) is 6.55. The molecule has 5 aromatic rings. The number of hydrogen-bond acceptors (Lipinski definition) is 4. The van der Waals surface area contributed by atoms with E-state index in [0.717, 1.165) is 35.8 Å². The first-order chi connectivity index (χ1) is 21.9. The summed E-state index contributed by atoms with van der Waals surface area (Å²) in [4.78, 5) is 20.5. The quantitative estimate of drug-likeness (QED) is 0.142. The van der Waals surface area contributed by atoms with Crippen molar-refractivity contribution in [2.24, 2.45) is 0 Å².